The van der Waals surface area contributed by atoms with Crippen LogP contribution in [-0.4, -0.2) is 45.4 Å². The zero-order chi connectivity index (χ0) is 17.8. The number of aryl methyl sites for hydroxylation is 1. The zero-order valence-corrected chi connectivity index (χ0v) is 14.6. The van der Waals surface area contributed by atoms with Gasteiger partial charge in [0, 0.05) is 19.7 Å². The van der Waals surface area contributed by atoms with Crippen LogP contribution in [0.5, 0.6) is 0 Å². The van der Waals surface area contributed by atoms with Crippen molar-refractivity contribution < 1.29 is 22.7 Å². The molecule has 0 radical (unpaired) electrons. The fraction of sp³-hybridized carbons (Fsp3) is 0.429. The summed E-state index contributed by atoms with van der Waals surface area (Å²) in [7, 11) is -0.853. The molecule has 0 aliphatic rings. The van der Waals surface area contributed by atoms with Crippen LogP contribution in [0.15, 0.2) is 17.0 Å². The summed E-state index contributed by atoms with van der Waals surface area (Å²) in [6, 6.07) is 2.83. The van der Waals surface area contributed by atoms with E-state index in [1.165, 1.54) is 20.2 Å². The molecule has 2 N–H and O–H groups in total. The van der Waals surface area contributed by atoms with Crippen molar-refractivity contribution in [3.63, 3.8) is 0 Å². The summed E-state index contributed by atoms with van der Waals surface area (Å²) in [4.78, 5) is 23.3. The van der Waals surface area contributed by atoms with Gasteiger partial charge >= 0.3 is 6.09 Å². The maximum Gasteiger partial charge on any atom is 0.426 e. The van der Waals surface area contributed by atoms with Crippen LogP contribution in [0.4, 0.5) is 4.79 Å². The van der Waals surface area contributed by atoms with Gasteiger partial charge in [0.15, 0.2) is 0 Å². The van der Waals surface area contributed by atoms with Gasteiger partial charge in [0.25, 0.3) is 5.91 Å². The van der Waals surface area contributed by atoms with E-state index in [1.54, 1.807) is 26.8 Å². The maximum atomic E-state index is 12.3. The number of sulfonamides is 1. The minimum Gasteiger partial charge on any atom is -0.449 e. The number of rotatable bonds is 4. The van der Waals surface area contributed by atoms with Crippen LogP contribution in [-0.2, 0) is 14.8 Å². The molecule has 0 heterocycles. The maximum absolute atomic E-state index is 12.3. The van der Waals surface area contributed by atoms with Crippen LogP contribution >= 0.6 is 0 Å². The van der Waals surface area contributed by atoms with Gasteiger partial charge in [-0.25, -0.2) is 22.9 Å². The van der Waals surface area contributed by atoms with Crippen molar-refractivity contribution in [2.75, 3.05) is 20.7 Å². The minimum absolute atomic E-state index is 0.0452. The summed E-state index contributed by atoms with van der Waals surface area (Å²) >= 11 is 0. The standard InChI is InChI=1S/C14H21N3O5S/c1-6-22-14(19)16-15-13(18)11-7-9(2)10(3)12(8-11)23(20,21)17(4)5/h7-8H,6H2,1-5H3,(H,15,18)(H,16,19). The van der Waals surface area contributed by atoms with Crippen LogP contribution in [0.25, 0.3) is 0 Å². The van der Waals surface area contributed by atoms with E-state index in [9.17, 15) is 18.0 Å². The number of benzene rings is 1. The zero-order valence-electron chi connectivity index (χ0n) is 13.8. The number of carbonyl (C=O) groups is 2. The topological polar surface area (TPSA) is 105 Å². The van der Waals surface area contributed by atoms with Crippen LogP contribution in [0.1, 0.15) is 28.4 Å². The molecule has 0 aliphatic heterocycles. The van der Waals surface area contributed by atoms with Crippen LogP contribution in [0.3, 0.4) is 0 Å². The second-order valence-corrected chi connectivity index (χ2v) is 7.12. The Labute approximate surface area is 135 Å². The Morgan fingerprint density at radius 1 is 1.17 bits per heavy atom. The molecule has 0 saturated carbocycles. The van der Waals surface area contributed by atoms with Crippen molar-refractivity contribution in [3.8, 4) is 0 Å². The van der Waals surface area contributed by atoms with E-state index < -0.39 is 22.0 Å². The highest BCUT2D eigenvalue weighted by atomic mass is 32.2. The first-order valence-electron chi connectivity index (χ1n) is 6.88. The molecule has 0 saturated heterocycles. The lowest BCUT2D eigenvalue weighted by Gasteiger charge is -2.16. The molecular formula is C14H21N3O5S. The van der Waals surface area contributed by atoms with Gasteiger partial charge in [-0.3, -0.25) is 10.2 Å². The average molecular weight is 343 g/mol. The Hall–Kier alpha value is -2.13. The van der Waals surface area contributed by atoms with E-state index in [0.717, 1.165) is 4.31 Å². The summed E-state index contributed by atoms with van der Waals surface area (Å²) in [5, 5.41) is 0. The Morgan fingerprint density at radius 3 is 2.30 bits per heavy atom. The Morgan fingerprint density at radius 2 is 1.78 bits per heavy atom. The number of hydrogen-bond donors (Lipinski definition) is 2. The van der Waals surface area contributed by atoms with Gasteiger partial charge < -0.3 is 4.74 Å². The van der Waals surface area contributed by atoms with Crippen molar-refractivity contribution in [2.45, 2.75) is 25.7 Å². The smallest absolute Gasteiger partial charge is 0.426 e. The molecule has 0 aromatic heterocycles. The third kappa shape index (κ3) is 4.42. The lowest BCUT2D eigenvalue weighted by Crippen LogP contribution is -2.42. The summed E-state index contributed by atoms with van der Waals surface area (Å²) in [5.41, 5.74) is 5.57. The van der Waals surface area contributed by atoms with Gasteiger partial charge in [-0.05, 0) is 44.0 Å². The molecule has 1 aromatic rings. The monoisotopic (exact) mass is 343 g/mol. The molecule has 9 heteroatoms. The highest BCUT2D eigenvalue weighted by Gasteiger charge is 2.23. The van der Waals surface area contributed by atoms with E-state index >= 15 is 0 Å². The molecule has 8 nitrogen and oxygen atoms in total. The predicted octanol–water partition coefficient (Wildman–Crippen LogP) is 0.945. The van der Waals surface area contributed by atoms with Crippen molar-refractivity contribution in [1.82, 2.24) is 15.2 Å². The highest BCUT2D eigenvalue weighted by molar-refractivity contribution is 7.89. The number of carbonyl (C=O) groups excluding carboxylic acids is 2. The number of amides is 2. The van der Waals surface area contributed by atoms with Gasteiger partial charge in [-0.2, -0.15) is 0 Å². The SMILES string of the molecule is CCOC(=O)NNC(=O)c1cc(C)c(C)c(S(=O)(=O)N(C)C)c1. The Kier molecular flexibility index (Phi) is 6.11. The third-order valence-electron chi connectivity index (χ3n) is 3.19. The lowest BCUT2D eigenvalue weighted by atomic mass is 10.1. The average Bonchev–Trinajstić information content (AvgIpc) is 2.47. The van der Waals surface area contributed by atoms with Gasteiger partial charge in [-0.15, -0.1) is 0 Å². The molecule has 0 fully saturated rings. The largest absolute Gasteiger partial charge is 0.449 e. The predicted molar refractivity (Wildman–Crippen MR) is 84.4 cm³/mol. The number of nitrogens with one attached hydrogen (secondary N) is 2. The van der Waals surface area contributed by atoms with Crippen molar-refractivity contribution in [3.05, 3.63) is 28.8 Å². The molecule has 0 aliphatic carbocycles. The van der Waals surface area contributed by atoms with E-state index in [2.05, 4.69) is 15.6 Å². The Balaban J connectivity index is 3.13. The van der Waals surface area contributed by atoms with E-state index in [4.69, 9.17) is 0 Å². The van der Waals surface area contributed by atoms with Crippen LogP contribution in [0, 0.1) is 13.8 Å². The van der Waals surface area contributed by atoms with Gasteiger partial charge in [-0.1, -0.05) is 0 Å². The fourth-order valence-electron chi connectivity index (χ4n) is 1.77. The van der Waals surface area contributed by atoms with Gasteiger partial charge in [0.05, 0.1) is 11.5 Å². The van der Waals surface area contributed by atoms with Gasteiger partial charge in [0.2, 0.25) is 10.0 Å². The molecule has 2 amide bonds. The fourth-order valence-corrected chi connectivity index (χ4v) is 2.99. The molecule has 23 heavy (non-hydrogen) atoms. The lowest BCUT2D eigenvalue weighted by molar-refractivity contribution is 0.0912. The second-order valence-electron chi connectivity index (χ2n) is 5.00. The second kappa shape index (κ2) is 7.42. The molecule has 0 spiro atoms. The minimum atomic E-state index is -3.68. The molecule has 0 atom stereocenters. The summed E-state index contributed by atoms with van der Waals surface area (Å²) in [5.74, 6) is -0.642. The molecule has 128 valence electrons. The third-order valence-corrected chi connectivity index (χ3v) is 5.14. The molecular weight excluding hydrogens is 322 g/mol. The van der Waals surface area contributed by atoms with Crippen LogP contribution in [0.2, 0.25) is 0 Å². The number of hydrogen-bond acceptors (Lipinski definition) is 5. The first-order chi connectivity index (χ1) is 10.6. The van der Waals surface area contributed by atoms with Crippen LogP contribution < -0.4 is 10.9 Å². The first-order valence-corrected chi connectivity index (χ1v) is 8.32. The molecule has 1 aromatic carbocycles. The van der Waals surface area contributed by atoms with Crippen molar-refractivity contribution >= 4 is 22.0 Å². The van der Waals surface area contributed by atoms with E-state index in [0.29, 0.717) is 11.1 Å². The summed E-state index contributed by atoms with van der Waals surface area (Å²) < 4.78 is 30.4. The quantitative estimate of drug-likeness (QED) is 0.792. The van der Waals surface area contributed by atoms with E-state index in [-0.39, 0.29) is 17.1 Å². The summed E-state index contributed by atoms with van der Waals surface area (Å²) in [6.45, 7) is 5.17. The first kappa shape index (κ1) is 18.9. The number of ether oxygens (including phenoxy) is 1. The van der Waals surface area contributed by atoms with Crippen molar-refractivity contribution in [2.24, 2.45) is 0 Å². The van der Waals surface area contributed by atoms with Crippen molar-refractivity contribution in [1.29, 1.82) is 0 Å². The molecule has 1 rings (SSSR count). The normalized spacial score (nSPS) is 11.2. The molecule has 0 bridgehead atoms. The van der Waals surface area contributed by atoms with E-state index in [1.807, 2.05) is 0 Å². The molecule has 0 unspecified atom stereocenters. The highest BCUT2D eigenvalue weighted by Crippen LogP contribution is 2.23. The number of nitrogens with zero attached hydrogens (tertiary/aromatic N) is 1. The van der Waals surface area contributed by atoms with Gasteiger partial charge in [0.1, 0.15) is 0 Å². The number of hydrazine groups is 1. The Bertz CT molecular complexity index is 713. The summed E-state index contributed by atoms with van der Waals surface area (Å²) in [6.07, 6.45) is -0.800.